The van der Waals surface area contributed by atoms with E-state index >= 15 is 0 Å². The molecule has 36 heavy (non-hydrogen) atoms. The Bertz CT molecular complexity index is 1310. The SMILES string of the molecule is COc1ccc(C(CNC(=O)CN2C(=O)C(=O)N(C3CCCC3)C2=O)c2c[nH]c3ccccc23)cc1. The second-order valence-corrected chi connectivity index (χ2v) is 9.21. The zero-order valence-electron chi connectivity index (χ0n) is 20.0. The van der Waals surface area contributed by atoms with Crippen molar-refractivity contribution in [2.24, 2.45) is 0 Å². The van der Waals surface area contributed by atoms with E-state index in [1.165, 1.54) is 0 Å². The van der Waals surface area contributed by atoms with Crippen molar-refractivity contribution in [3.63, 3.8) is 0 Å². The molecular formula is C27H28N4O5. The van der Waals surface area contributed by atoms with Gasteiger partial charge in [-0.25, -0.2) is 9.69 Å². The Morgan fingerprint density at radius 3 is 2.50 bits per heavy atom. The van der Waals surface area contributed by atoms with Gasteiger partial charge < -0.3 is 15.0 Å². The minimum Gasteiger partial charge on any atom is -0.497 e. The first-order valence-electron chi connectivity index (χ1n) is 12.1. The smallest absolute Gasteiger partial charge is 0.334 e. The maximum atomic E-state index is 12.9. The number of aromatic amines is 1. The predicted octanol–water partition coefficient (Wildman–Crippen LogP) is 3.16. The number of nitrogens with zero attached hydrogens (tertiary/aromatic N) is 2. The molecule has 1 unspecified atom stereocenters. The molecule has 2 heterocycles. The van der Waals surface area contributed by atoms with Crippen molar-refractivity contribution in [1.82, 2.24) is 20.1 Å². The number of carbonyl (C=O) groups excluding carboxylic acids is 4. The fourth-order valence-electron chi connectivity index (χ4n) is 5.19. The van der Waals surface area contributed by atoms with E-state index in [9.17, 15) is 19.2 Å². The lowest BCUT2D eigenvalue weighted by atomic mass is 9.90. The van der Waals surface area contributed by atoms with Crippen LogP contribution >= 0.6 is 0 Å². The average Bonchev–Trinajstić information content (AvgIpc) is 3.62. The van der Waals surface area contributed by atoms with Crippen LogP contribution in [0, 0.1) is 0 Å². The minimum absolute atomic E-state index is 0.197. The Kier molecular flexibility index (Phi) is 6.45. The highest BCUT2D eigenvalue weighted by Crippen LogP contribution is 2.32. The number of hydrogen-bond donors (Lipinski definition) is 2. The summed E-state index contributed by atoms with van der Waals surface area (Å²) in [6.07, 6.45) is 5.14. The fourth-order valence-corrected chi connectivity index (χ4v) is 5.19. The molecule has 9 heteroatoms. The molecule has 186 valence electrons. The Balaban J connectivity index is 1.33. The van der Waals surface area contributed by atoms with Crippen molar-refractivity contribution >= 4 is 34.7 Å². The number of urea groups is 1. The summed E-state index contributed by atoms with van der Waals surface area (Å²) in [6, 6.07) is 14.6. The number of benzene rings is 2. The molecule has 9 nitrogen and oxygen atoms in total. The van der Waals surface area contributed by atoms with Crippen LogP contribution in [0.1, 0.15) is 42.7 Å². The standard InChI is InChI=1S/C27H28N4O5/c1-36-19-12-10-17(11-13-19)21(22-15-28-23-9-5-4-8-20(22)23)14-29-24(32)16-30-25(33)26(34)31(27(30)35)18-6-2-3-7-18/h4-5,8-13,15,18,21,28H,2-3,6-7,14,16H2,1H3,(H,29,32). The van der Waals surface area contributed by atoms with E-state index in [4.69, 9.17) is 4.74 Å². The van der Waals surface area contributed by atoms with Crippen molar-refractivity contribution in [2.75, 3.05) is 20.2 Å². The molecule has 1 saturated carbocycles. The number of para-hydroxylation sites is 1. The first kappa shape index (κ1) is 23.6. The molecule has 0 bridgehead atoms. The van der Waals surface area contributed by atoms with Crippen LogP contribution < -0.4 is 10.1 Å². The van der Waals surface area contributed by atoms with Gasteiger partial charge in [-0.1, -0.05) is 43.2 Å². The number of imide groups is 2. The van der Waals surface area contributed by atoms with Gasteiger partial charge >= 0.3 is 17.8 Å². The van der Waals surface area contributed by atoms with E-state index in [1.54, 1.807) is 7.11 Å². The molecule has 2 N–H and O–H groups in total. The summed E-state index contributed by atoms with van der Waals surface area (Å²) in [5, 5.41) is 3.91. The normalized spacial score (nSPS) is 17.3. The lowest BCUT2D eigenvalue weighted by molar-refractivity contribution is -0.144. The van der Waals surface area contributed by atoms with Gasteiger partial charge in [-0.15, -0.1) is 0 Å². The van der Waals surface area contributed by atoms with E-state index in [1.807, 2.05) is 54.7 Å². The number of hydrogen-bond acceptors (Lipinski definition) is 5. The number of amides is 5. The topological polar surface area (TPSA) is 112 Å². The summed E-state index contributed by atoms with van der Waals surface area (Å²) in [4.78, 5) is 55.7. The van der Waals surface area contributed by atoms with Crippen LogP contribution in [0.2, 0.25) is 0 Å². The molecule has 2 aliphatic rings. The zero-order chi connectivity index (χ0) is 25.2. The molecule has 3 aromatic rings. The molecule has 1 aromatic heterocycles. The highest BCUT2D eigenvalue weighted by atomic mass is 16.5. The molecule has 1 aliphatic heterocycles. The Hall–Kier alpha value is -4.14. The monoisotopic (exact) mass is 488 g/mol. The number of nitrogens with one attached hydrogen (secondary N) is 2. The highest BCUT2D eigenvalue weighted by molar-refractivity contribution is 6.45. The summed E-state index contributed by atoms with van der Waals surface area (Å²) >= 11 is 0. The lowest BCUT2D eigenvalue weighted by Crippen LogP contribution is -2.43. The molecular weight excluding hydrogens is 460 g/mol. The van der Waals surface area contributed by atoms with Gasteiger partial charge in [-0.05, 0) is 42.2 Å². The summed E-state index contributed by atoms with van der Waals surface area (Å²) in [5.74, 6) is -1.75. The number of rotatable bonds is 8. The number of fused-ring (bicyclic) bond motifs is 1. The Labute approximate surface area is 208 Å². The van der Waals surface area contributed by atoms with E-state index in [2.05, 4.69) is 10.3 Å². The van der Waals surface area contributed by atoms with Gasteiger partial charge in [-0.3, -0.25) is 19.3 Å². The van der Waals surface area contributed by atoms with E-state index in [0.717, 1.165) is 50.4 Å². The van der Waals surface area contributed by atoms with E-state index < -0.39 is 30.3 Å². The van der Waals surface area contributed by atoms with Gasteiger partial charge in [0.2, 0.25) is 5.91 Å². The van der Waals surface area contributed by atoms with Crippen LogP contribution in [0.15, 0.2) is 54.7 Å². The van der Waals surface area contributed by atoms with Gasteiger partial charge in [0.05, 0.1) is 7.11 Å². The van der Waals surface area contributed by atoms with Gasteiger partial charge in [0.1, 0.15) is 12.3 Å². The van der Waals surface area contributed by atoms with Gasteiger partial charge in [0.25, 0.3) is 0 Å². The summed E-state index contributed by atoms with van der Waals surface area (Å²) in [6.45, 7) is -0.251. The number of H-pyrrole nitrogens is 1. The van der Waals surface area contributed by atoms with Crippen molar-refractivity contribution in [2.45, 2.75) is 37.6 Å². The van der Waals surface area contributed by atoms with Gasteiger partial charge in [0.15, 0.2) is 0 Å². The van der Waals surface area contributed by atoms with Crippen molar-refractivity contribution < 1.29 is 23.9 Å². The molecule has 5 amide bonds. The fraction of sp³-hybridized carbons (Fsp3) is 0.333. The molecule has 2 aromatic carbocycles. The first-order chi connectivity index (χ1) is 17.5. The largest absolute Gasteiger partial charge is 0.497 e. The Morgan fingerprint density at radius 1 is 1.06 bits per heavy atom. The van der Waals surface area contributed by atoms with E-state index in [-0.39, 0.29) is 18.5 Å². The van der Waals surface area contributed by atoms with Crippen LogP contribution in [-0.4, -0.2) is 64.8 Å². The average molecular weight is 489 g/mol. The molecule has 2 fully saturated rings. The third-order valence-electron chi connectivity index (χ3n) is 7.09. The van der Waals surface area contributed by atoms with E-state index in [0.29, 0.717) is 12.8 Å². The van der Waals surface area contributed by atoms with Crippen molar-refractivity contribution in [1.29, 1.82) is 0 Å². The van der Waals surface area contributed by atoms with Crippen molar-refractivity contribution in [3.8, 4) is 5.75 Å². The lowest BCUT2D eigenvalue weighted by Gasteiger charge is -2.21. The van der Waals surface area contributed by atoms with Gasteiger partial charge in [0, 0.05) is 35.6 Å². The predicted molar refractivity (Wildman–Crippen MR) is 132 cm³/mol. The van der Waals surface area contributed by atoms with Crippen LogP contribution in [0.3, 0.4) is 0 Å². The maximum absolute atomic E-state index is 12.9. The van der Waals surface area contributed by atoms with Crippen LogP contribution in [0.5, 0.6) is 5.75 Å². The van der Waals surface area contributed by atoms with Crippen LogP contribution in [-0.2, 0) is 14.4 Å². The first-order valence-corrected chi connectivity index (χ1v) is 12.1. The Morgan fingerprint density at radius 2 is 1.78 bits per heavy atom. The van der Waals surface area contributed by atoms with Crippen LogP contribution in [0.25, 0.3) is 10.9 Å². The maximum Gasteiger partial charge on any atom is 0.334 e. The number of ether oxygens (including phenoxy) is 1. The number of methoxy groups -OCH3 is 1. The zero-order valence-corrected chi connectivity index (χ0v) is 20.0. The quantitative estimate of drug-likeness (QED) is 0.374. The number of aromatic nitrogens is 1. The molecule has 1 aliphatic carbocycles. The summed E-state index contributed by atoms with van der Waals surface area (Å²) < 4.78 is 5.28. The molecule has 1 atom stereocenters. The van der Waals surface area contributed by atoms with Crippen LogP contribution in [0.4, 0.5) is 4.79 Å². The molecule has 1 saturated heterocycles. The summed E-state index contributed by atoms with van der Waals surface area (Å²) in [7, 11) is 1.60. The summed E-state index contributed by atoms with van der Waals surface area (Å²) in [5.41, 5.74) is 2.96. The number of carbonyl (C=O) groups is 4. The third kappa shape index (κ3) is 4.32. The molecule has 0 radical (unpaired) electrons. The van der Waals surface area contributed by atoms with Gasteiger partial charge in [-0.2, -0.15) is 0 Å². The molecule has 0 spiro atoms. The minimum atomic E-state index is -0.939. The highest BCUT2D eigenvalue weighted by Gasteiger charge is 2.48. The third-order valence-corrected chi connectivity index (χ3v) is 7.09. The molecule has 5 rings (SSSR count). The van der Waals surface area contributed by atoms with Crippen molar-refractivity contribution in [3.05, 3.63) is 65.9 Å². The second kappa shape index (κ2) is 9.85. The second-order valence-electron chi connectivity index (χ2n) is 9.21.